The minimum Gasteiger partial charge on any atom is -0.444 e. The fraction of sp³-hybridized carbons (Fsp3) is 0.407. The zero-order valence-corrected chi connectivity index (χ0v) is 22.5. The van der Waals surface area contributed by atoms with Crippen LogP contribution in [-0.4, -0.2) is 67.8 Å². The normalized spacial score (nSPS) is 14.4. The number of carbonyl (C=O) groups is 2. The van der Waals surface area contributed by atoms with Crippen LogP contribution >= 0.6 is 0 Å². The number of aromatic nitrogens is 4. The number of hydrogen-bond acceptors (Lipinski definition) is 6. The zero-order valence-electron chi connectivity index (χ0n) is 22.5. The lowest BCUT2D eigenvalue weighted by atomic mass is 10.1. The monoisotopic (exact) mass is 521 g/mol. The minimum atomic E-state index is -0.544. The van der Waals surface area contributed by atoms with Gasteiger partial charge >= 0.3 is 6.09 Å². The average Bonchev–Trinajstić information content (AvgIpc) is 3.36. The van der Waals surface area contributed by atoms with Crippen molar-refractivity contribution in [1.82, 2.24) is 24.1 Å². The van der Waals surface area contributed by atoms with E-state index in [9.17, 15) is 9.59 Å². The molecule has 0 radical (unpaired) electrons. The molecule has 4 heterocycles. The van der Waals surface area contributed by atoms with Crippen molar-refractivity contribution in [3.8, 4) is 0 Å². The summed E-state index contributed by atoms with van der Waals surface area (Å²) in [6.07, 6.45) is 4.82. The summed E-state index contributed by atoms with van der Waals surface area (Å²) < 4.78 is 24.0. The fourth-order valence-electron chi connectivity index (χ4n) is 4.89. The van der Waals surface area contributed by atoms with Crippen LogP contribution in [0.2, 0.25) is 0 Å². The summed E-state index contributed by atoms with van der Waals surface area (Å²) in [6.45, 7) is 11.4. The smallest absolute Gasteiger partial charge is 0.410 e. The lowest BCUT2D eigenvalue weighted by Crippen LogP contribution is -2.50. The van der Waals surface area contributed by atoms with Crippen molar-refractivity contribution in [1.29, 1.82) is 0 Å². The third-order valence-electron chi connectivity index (χ3n) is 6.52. The van der Waals surface area contributed by atoms with Gasteiger partial charge in [-0.2, -0.15) is 5.10 Å². The number of benzene rings is 1. The summed E-state index contributed by atoms with van der Waals surface area (Å²) in [7, 11) is 1.80. The number of nitrogens with one attached hydrogen (secondary N) is 1. The summed E-state index contributed by atoms with van der Waals surface area (Å²) >= 11 is 0. The first-order chi connectivity index (χ1) is 17.9. The number of piperazine rings is 1. The predicted molar refractivity (Wildman–Crippen MR) is 143 cm³/mol. The van der Waals surface area contributed by atoms with Crippen LogP contribution in [0.25, 0.3) is 16.4 Å². The van der Waals surface area contributed by atoms with E-state index in [0.717, 1.165) is 16.8 Å². The Morgan fingerprint density at radius 2 is 1.76 bits per heavy atom. The van der Waals surface area contributed by atoms with Crippen molar-refractivity contribution in [3.05, 3.63) is 53.5 Å². The van der Waals surface area contributed by atoms with Gasteiger partial charge in [0.15, 0.2) is 5.82 Å². The van der Waals surface area contributed by atoms with E-state index in [1.807, 2.05) is 40.0 Å². The fourth-order valence-corrected chi connectivity index (χ4v) is 4.89. The molecule has 0 unspecified atom stereocenters. The number of aryl methyl sites for hydroxylation is 3. The van der Waals surface area contributed by atoms with Gasteiger partial charge in [0.2, 0.25) is 0 Å². The van der Waals surface area contributed by atoms with Gasteiger partial charge in [-0.25, -0.2) is 9.18 Å². The standard InChI is InChI=1S/C27H32FN7O3/c1-16-13-35-15-20(22(28)24(35)17(2)29-16)30-25(36)18-7-8-21(19-14-32(6)31-23(18)19)33-9-11-34(12-10-33)26(37)38-27(3,4)5/h7-8,13-15H,9-12H2,1-6H3,(H,30,36). The average molecular weight is 522 g/mol. The van der Waals surface area contributed by atoms with Crippen molar-refractivity contribution in [2.45, 2.75) is 40.2 Å². The molecular weight excluding hydrogens is 489 g/mol. The molecule has 1 N–H and O–H groups in total. The molecule has 10 nitrogen and oxygen atoms in total. The molecule has 1 saturated heterocycles. The van der Waals surface area contributed by atoms with E-state index in [2.05, 4.69) is 20.3 Å². The molecule has 2 amide bonds. The number of halogens is 1. The van der Waals surface area contributed by atoms with Crippen molar-refractivity contribution in [2.75, 3.05) is 36.4 Å². The quantitative estimate of drug-likeness (QED) is 0.432. The molecule has 3 aromatic heterocycles. The highest BCUT2D eigenvalue weighted by Crippen LogP contribution is 2.31. The van der Waals surface area contributed by atoms with E-state index >= 15 is 4.39 Å². The van der Waals surface area contributed by atoms with E-state index in [1.54, 1.807) is 46.4 Å². The second-order valence-corrected chi connectivity index (χ2v) is 10.7. The molecule has 0 spiro atoms. The van der Waals surface area contributed by atoms with Gasteiger partial charge in [0.25, 0.3) is 5.91 Å². The van der Waals surface area contributed by atoms with Gasteiger partial charge in [-0.15, -0.1) is 0 Å². The van der Waals surface area contributed by atoms with Gasteiger partial charge in [-0.3, -0.25) is 14.5 Å². The molecule has 5 rings (SSSR count). The van der Waals surface area contributed by atoms with Crippen molar-refractivity contribution in [3.63, 3.8) is 0 Å². The Balaban J connectivity index is 1.39. The van der Waals surface area contributed by atoms with Gasteiger partial charge in [0, 0.05) is 62.9 Å². The molecular formula is C27H32FN7O3. The van der Waals surface area contributed by atoms with Crippen molar-refractivity contribution < 1.29 is 18.7 Å². The van der Waals surface area contributed by atoms with E-state index in [0.29, 0.717) is 48.5 Å². The van der Waals surface area contributed by atoms with Crippen LogP contribution in [-0.2, 0) is 11.8 Å². The first kappa shape index (κ1) is 25.5. The third kappa shape index (κ3) is 4.75. The molecule has 1 aliphatic rings. The number of carbonyl (C=O) groups excluding carboxylic acids is 2. The Morgan fingerprint density at radius 1 is 1.05 bits per heavy atom. The molecule has 1 aromatic carbocycles. The Bertz CT molecular complexity index is 1560. The van der Waals surface area contributed by atoms with Gasteiger partial charge in [-0.1, -0.05) is 0 Å². The Hall–Kier alpha value is -4.15. The number of nitrogens with zero attached hydrogens (tertiary/aromatic N) is 6. The Morgan fingerprint density at radius 3 is 2.45 bits per heavy atom. The molecule has 0 aliphatic carbocycles. The molecule has 1 fully saturated rings. The third-order valence-corrected chi connectivity index (χ3v) is 6.52. The van der Waals surface area contributed by atoms with E-state index in [4.69, 9.17) is 4.74 Å². The highest BCUT2D eigenvalue weighted by molar-refractivity contribution is 6.14. The largest absolute Gasteiger partial charge is 0.444 e. The van der Waals surface area contributed by atoms with Crippen LogP contribution in [0.1, 0.15) is 42.5 Å². The summed E-state index contributed by atoms with van der Waals surface area (Å²) in [5.41, 5.74) is 2.95. The van der Waals surface area contributed by atoms with E-state index < -0.39 is 17.3 Å². The second-order valence-electron chi connectivity index (χ2n) is 10.7. The number of rotatable bonds is 3. The molecule has 11 heteroatoms. The first-order valence-electron chi connectivity index (χ1n) is 12.6. The highest BCUT2D eigenvalue weighted by Gasteiger charge is 2.28. The summed E-state index contributed by atoms with van der Waals surface area (Å²) in [5, 5.41) is 8.07. The van der Waals surface area contributed by atoms with Crippen molar-refractivity contribution >= 4 is 39.8 Å². The molecule has 4 aromatic rings. The van der Waals surface area contributed by atoms with E-state index in [1.165, 1.54) is 0 Å². The zero-order chi connectivity index (χ0) is 27.4. The van der Waals surface area contributed by atoms with Gasteiger partial charge in [0.05, 0.1) is 22.6 Å². The van der Waals surface area contributed by atoms with Crippen LogP contribution in [0.5, 0.6) is 0 Å². The molecule has 200 valence electrons. The lowest BCUT2D eigenvalue weighted by Gasteiger charge is -2.37. The topological polar surface area (TPSA) is 97.0 Å². The van der Waals surface area contributed by atoms with Crippen LogP contribution in [0.4, 0.5) is 20.6 Å². The highest BCUT2D eigenvalue weighted by atomic mass is 19.1. The number of anilines is 2. The molecule has 0 saturated carbocycles. The summed E-state index contributed by atoms with van der Waals surface area (Å²) in [4.78, 5) is 34.0. The van der Waals surface area contributed by atoms with Crippen molar-refractivity contribution in [2.24, 2.45) is 7.05 Å². The summed E-state index contributed by atoms with van der Waals surface area (Å²) in [5.74, 6) is -0.979. The molecule has 1 aliphatic heterocycles. The maximum absolute atomic E-state index is 15.2. The van der Waals surface area contributed by atoms with Crippen LogP contribution in [0, 0.1) is 19.7 Å². The second kappa shape index (κ2) is 9.30. The summed E-state index contributed by atoms with van der Waals surface area (Å²) in [6, 6.07) is 3.59. The Labute approximate surface area is 220 Å². The maximum atomic E-state index is 15.2. The van der Waals surface area contributed by atoms with Crippen LogP contribution in [0.15, 0.2) is 30.7 Å². The maximum Gasteiger partial charge on any atom is 0.410 e. The lowest BCUT2D eigenvalue weighted by molar-refractivity contribution is 0.0240. The van der Waals surface area contributed by atoms with Crippen LogP contribution in [0.3, 0.4) is 0 Å². The number of fused-ring (bicyclic) bond motifs is 2. The molecule has 38 heavy (non-hydrogen) atoms. The Kier molecular flexibility index (Phi) is 6.24. The van der Waals surface area contributed by atoms with Crippen LogP contribution < -0.4 is 10.2 Å². The van der Waals surface area contributed by atoms with Gasteiger partial charge in [0.1, 0.15) is 16.6 Å². The van der Waals surface area contributed by atoms with Gasteiger partial charge < -0.3 is 24.3 Å². The SMILES string of the molecule is Cc1cn2cc(NC(=O)c3ccc(N4CCN(C(=O)OC(C)(C)C)CC4)c4cn(C)nc34)c(F)c2c(C)n1. The molecule has 0 bridgehead atoms. The minimum absolute atomic E-state index is 0.0805. The predicted octanol–water partition coefficient (Wildman–Crippen LogP) is 4.29. The molecule has 0 atom stereocenters. The number of hydrogen-bond donors (Lipinski definition) is 1. The number of ether oxygens (including phenoxy) is 1. The van der Waals surface area contributed by atoms with Gasteiger partial charge in [-0.05, 0) is 46.8 Å². The first-order valence-corrected chi connectivity index (χ1v) is 12.6. The number of amides is 2. The van der Waals surface area contributed by atoms with E-state index in [-0.39, 0.29) is 11.8 Å².